The van der Waals surface area contributed by atoms with Gasteiger partial charge in [-0.2, -0.15) is 0 Å². The van der Waals surface area contributed by atoms with Crippen LogP contribution in [0.2, 0.25) is 0 Å². The zero-order valence-corrected chi connectivity index (χ0v) is 12.6. The van der Waals surface area contributed by atoms with Crippen molar-refractivity contribution >= 4 is 33.4 Å². The van der Waals surface area contributed by atoms with Crippen LogP contribution in [0.15, 0.2) is 22.7 Å². The number of benzene rings is 1. The van der Waals surface area contributed by atoms with Crippen molar-refractivity contribution < 1.29 is 14.5 Å². The SMILES string of the molecule is CN(C)C(=O)CCNC(=O)c1cccc([N+](=O)[O-])c1Br. The molecule has 0 atom stereocenters. The molecule has 1 aromatic rings. The third-order valence-electron chi connectivity index (χ3n) is 2.54. The summed E-state index contributed by atoms with van der Waals surface area (Å²) >= 11 is 3.05. The van der Waals surface area contributed by atoms with Crippen molar-refractivity contribution in [3.63, 3.8) is 0 Å². The molecule has 0 bridgehead atoms. The molecule has 0 radical (unpaired) electrons. The van der Waals surface area contributed by atoms with Gasteiger partial charge in [-0.1, -0.05) is 6.07 Å². The maximum absolute atomic E-state index is 11.9. The van der Waals surface area contributed by atoms with Crippen molar-refractivity contribution in [2.75, 3.05) is 20.6 Å². The van der Waals surface area contributed by atoms with E-state index >= 15 is 0 Å². The molecule has 0 aliphatic carbocycles. The fourth-order valence-electron chi connectivity index (χ4n) is 1.44. The van der Waals surface area contributed by atoms with Crippen LogP contribution in [0.3, 0.4) is 0 Å². The summed E-state index contributed by atoms with van der Waals surface area (Å²) < 4.78 is 0.126. The lowest BCUT2D eigenvalue weighted by Gasteiger charge is -2.11. The average Bonchev–Trinajstić information content (AvgIpc) is 2.38. The molecular formula is C12H14BrN3O4. The van der Waals surface area contributed by atoms with Crippen LogP contribution in [0.25, 0.3) is 0 Å². The van der Waals surface area contributed by atoms with Gasteiger partial charge in [0.1, 0.15) is 4.47 Å². The minimum absolute atomic E-state index is 0.108. The smallest absolute Gasteiger partial charge is 0.284 e. The number of carbonyl (C=O) groups excluding carboxylic acids is 2. The fraction of sp³-hybridized carbons (Fsp3) is 0.333. The Kier molecular flexibility index (Phi) is 5.63. The van der Waals surface area contributed by atoms with Crippen LogP contribution >= 0.6 is 15.9 Å². The van der Waals surface area contributed by atoms with Gasteiger partial charge in [-0.3, -0.25) is 19.7 Å². The van der Waals surface area contributed by atoms with Gasteiger partial charge in [0.2, 0.25) is 5.91 Å². The predicted molar refractivity (Wildman–Crippen MR) is 76.4 cm³/mol. The van der Waals surface area contributed by atoms with Gasteiger partial charge in [-0.25, -0.2) is 0 Å². The van der Waals surface area contributed by atoms with Crippen molar-refractivity contribution in [1.29, 1.82) is 0 Å². The highest BCUT2D eigenvalue weighted by molar-refractivity contribution is 9.10. The first-order valence-electron chi connectivity index (χ1n) is 5.76. The van der Waals surface area contributed by atoms with Crippen LogP contribution in [0.4, 0.5) is 5.69 Å². The van der Waals surface area contributed by atoms with Gasteiger partial charge >= 0.3 is 0 Å². The highest BCUT2D eigenvalue weighted by atomic mass is 79.9. The number of rotatable bonds is 5. The molecule has 20 heavy (non-hydrogen) atoms. The first kappa shape index (κ1) is 16.1. The van der Waals surface area contributed by atoms with Crippen LogP contribution < -0.4 is 5.32 Å². The van der Waals surface area contributed by atoms with Gasteiger partial charge in [0.25, 0.3) is 11.6 Å². The molecule has 0 unspecified atom stereocenters. The molecule has 1 N–H and O–H groups in total. The third kappa shape index (κ3) is 4.02. The number of nitro benzene ring substituents is 1. The molecule has 0 spiro atoms. The fourth-order valence-corrected chi connectivity index (χ4v) is 2.03. The van der Waals surface area contributed by atoms with E-state index in [9.17, 15) is 19.7 Å². The predicted octanol–water partition coefficient (Wildman–Crippen LogP) is 1.57. The number of carbonyl (C=O) groups is 2. The highest BCUT2D eigenvalue weighted by Crippen LogP contribution is 2.28. The van der Waals surface area contributed by atoms with E-state index in [1.54, 1.807) is 14.1 Å². The third-order valence-corrected chi connectivity index (χ3v) is 3.38. The molecule has 1 rings (SSSR count). The quantitative estimate of drug-likeness (QED) is 0.648. The summed E-state index contributed by atoms with van der Waals surface area (Å²) in [5.41, 5.74) is -0.0153. The highest BCUT2D eigenvalue weighted by Gasteiger charge is 2.19. The number of hydrogen-bond donors (Lipinski definition) is 1. The van der Waals surface area contributed by atoms with Crippen LogP contribution in [-0.4, -0.2) is 42.3 Å². The number of nitrogens with one attached hydrogen (secondary N) is 1. The lowest BCUT2D eigenvalue weighted by atomic mass is 10.2. The van der Waals surface area contributed by atoms with E-state index in [0.29, 0.717) is 0 Å². The van der Waals surface area contributed by atoms with Crippen molar-refractivity contribution in [3.05, 3.63) is 38.3 Å². The molecule has 108 valence electrons. The van der Waals surface area contributed by atoms with Crippen molar-refractivity contribution in [1.82, 2.24) is 10.2 Å². The Morgan fingerprint density at radius 2 is 2.05 bits per heavy atom. The van der Waals surface area contributed by atoms with Crippen molar-refractivity contribution in [2.24, 2.45) is 0 Å². The Balaban J connectivity index is 2.72. The van der Waals surface area contributed by atoms with E-state index in [0.717, 1.165) is 0 Å². The van der Waals surface area contributed by atoms with E-state index in [1.807, 2.05) is 0 Å². The van der Waals surface area contributed by atoms with E-state index in [4.69, 9.17) is 0 Å². The summed E-state index contributed by atoms with van der Waals surface area (Å²) in [5, 5.41) is 13.3. The maximum Gasteiger partial charge on any atom is 0.284 e. The first-order chi connectivity index (χ1) is 9.34. The Hall–Kier alpha value is -1.96. The standard InChI is InChI=1S/C12H14BrN3O4/c1-15(2)10(17)6-7-14-12(18)8-4-3-5-9(11(8)13)16(19)20/h3-5H,6-7H2,1-2H3,(H,14,18). The topological polar surface area (TPSA) is 92.6 Å². The monoisotopic (exact) mass is 343 g/mol. The van der Waals surface area contributed by atoms with Crippen molar-refractivity contribution in [2.45, 2.75) is 6.42 Å². The molecule has 0 saturated carbocycles. The van der Waals surface area contributed by atoms with Crippen LogP contribution in [-0.2, 0) is 4.79 Å². The number of hydrogen-bond acceptors (Lipinski definition) is 4. The van der Waals surface area contributed by atoms with E-state index in [2.05, 4.69) is 21.2 Å². The van der Waals surface area contributed by atoms with Gasteiger partial charge in [-0.05, 0) is 22.0 Å². The second kappa shape index (κ2) is 6.99. The zero-order valence-electron chi connectivity index (χ0n) is 11.1. The van der Waals surface area contributed by atoms with Crippen LogP contribution in [0.5, 0.6) is 0 Å². The summed E-state index contributed by atoms with van der Waals surface area (Å²) in [4.78, 5) is 34.9. The van der Waals surface area contributed by atoms with Crippen LogP contribution in [0.1, 0.15) is 16.8 Å². The largest absolute Gasteiger partial charge is 0.351 e. The van der Waals surface area contributed by atoms with E-state index in [1.165, 1.54) is 23.1 Å². The van der Waals surface area contributed by atoms with Gasteiger partial charge in [0.15, 0.2) is 0 Å². The molecule has 0 aliphatic heterocycles. The summed E-state index contributed by atoms with van der Waals surface area (Å²) in [6.45, 7) is 0.172. The zero-order chi connectivity index (χ0) is 15.3. The molecule has 0 saturated heterocycles. The van der Waals surface area contributed by atoms with Crippen LogP contribution in [0, 0.1) is 10.1 Å². The van der Waals surface area contributed by atoms with Gasteiger partial charge in [0, 0.05) is 33.1 Å². The summed E-state index contributed by atoms with van der Waals surface area (Å²) in [7, 11) is 3.25. The minimum atomic E-state index is -0.573. The van der Waals surface area contributed by atoms with E-state index < -0.39 is 10.8 Å². The number of halogens is 1. The Morgan fingerprint density at radius 1 is 1.40 bits per heavy atom. The lowest BCUT2D eigenvalue weighted by Crippen LogP contribution is -2.30. The van der Waals surface area contributed by atoms with E-state index in [-0.39, 0.29) is 34.6 Å². The molecule has 2 amide bonds. The maximum atomic E-state index is 11.9. The number of nitro groups is 1. The minimum Gasteiger partial charge on any atom is -0.351 e. The normalized spacial score (nSPS) is 9.95. The molecule has 0 aromatic heterocycles. The molecule has 0 fully saturated rings. The molecule has 8 heteroatoms. The molecule has 1 aromatic carbocycles. The molecular weight excluding hydrogens is 330 g/mol. The second-order valence-electron chi connectivity index (χ2n) is 4.19. The Morgan fingerprint density at radius 3 is 2.60 bits per heavy atom. The Bertz CT molecular complexity index is 546. The second-order valence-corrected chi connectivity index (χ2v) is 4.98. The molecule has 0 heterocycles. The summed E-state index contributed by atoms with van der Waals surface area (Å²) in [5.74, 6) is -0.574. The van der Waals surface area contributed by atoms with Gasteiger partial charge in [0.05, 0.1) is 10.5 Å². The van der Waals surface area contributed by atoms with Crippen molar-refractivity contribution in [3.8, 4) is 0 Å². The Labute approximate surface area is 124 Å². The number of amides is 2. The summed E-state index contributed by atoms with van der Waals surface area (Å²) in [6, 6.07) is 4.21. The number of nitrogens with zero attached hydrogens (tertiary/aromatic N) is 2. The summed E-state index contributed by atoms with van der Waals surface area (Å²) in [6.07, 6.45) is 0.172. The first-order valence-corrected chi connectivity index (χ1v) is 6.55. The van der Waals surface area contributed by atoms with Gasteiger partial charge < -0.3 is 10.2 Å². The molecule has 7 nitrogen and oxygen atoms in total. The lowest BCUT2D eigenvalue weighted by molar-refractivity contribution is -0.385. The van der Waals surface area contributed by atoms with Gasteiger partial charge in [-0.15, -0.1) is 0 Å². The average molecular weight is 344 g/mol. The molecule has 0 aliphatic rings.